The molecule has 1 fully saturated rings. The monoisotopic (exact) mass is 541 g/mol. The molecule has 10 heteroatoms. The highest BCUT2D eigenvalue weighted by Crippen LogP contribution is 2.30. The van der Waals surface area contributed by atoms with E-state index in [9.17, 15) is 24.6 Å². The third-order valence-electron chi connectivity index (χ3n) is 6.54. The number of ether oxygens (including phenoxy) is 1. The highest BCUT2D eigenvalue weighted by Gasteiger charge is 2.45. The second kappa shape index (κ2) is 12.8. The van der Waals surface area contributed by atoms with Crippen molar-refractivity contribution >= 4 is 29.5 Å². The number of nitrogens with one attached hydrogen (secondary N) is 2. The van der Waals surface area contributed by atoms with Gasteiger partial charge in [-0.1, -0.05) is 55.6 Å². The van der Waals surface area contributed by atoms with Gasteiger partial charge in [0.1, 0.15) is 17.8 Å². The van der Waals surface area contributed by atoms with Crippen LogP contribution < -0.4 is 15.4 Å². The molecule has 2 aromatic rings. The van der Waals surface area contributed by atoms with E-state index >= 15 is 0 Å². The fourth-order valence-electron chi connectivity index (χ4n) is 4.32. The summed E-state index contributed by atoms with van der Waals surface area (Å²) < 4.78 is 5.30. The van der Waals surface area contributed by atoms with Crippen LogP contribution in [0.4, 0.5) is 4.79 Å². The first-order chi connectivity index (χ1) is 18.1. The number of aliphatic hydroxyl groups is 2. The molecule has 1 aliphatic rings. The van der Waals surface area contributed by atoms with Crippen molar-refractivity contribution in [1.29, 1.82) is 0 Å². The van der Waals surface area contributed by atoms with E-state index in [1.54, 1.807) is 62.4 Å². The maximum absolute atomic E-state index is 13.8. The number of terminal acetylenes is 1. The molecule has 3 rings (SSSR count). The number of benzene rings is 2. The minimum Gasteiger partial charge on any atom is -0.410 e. The second-order valence-electron chi connectivity index (χ2n) is 9.81. The minimum absolute atomic E-state index is 0.0307. The van der Waals surface area contributed by atoms with E-state index < -0.39 is 41.5 Å². The Labute approximate surface area is 227 Å². The van der Waals surface area contributed by atoms with Crippen molar-refractivity contribution in [2.45, 2.75) is 51.4 Å². The van der Waals surface area contributed by atoms with Crippen LogP contribution in [0.25, 0.3) is 0 Å². The zero-order valence-corrected chi connectivity index (χ0v) is 22.1. The zero-order chi connectivity index (χ0) is 27.9. The van der Waals surface area contributed by atoms with Gasteiger partial charge in [-0.15, -0.1) is 6.42 Å². The number of rotatable bonds is 9. The fourth-order valence-corrected chi connectivity index (χ4v) is 4.57. The molecule has 1 saturated heterocycles. The van der Waals surface area contributed by atoms with E-state index in [1.807, 2.05) is 0 Å². The summed E-state index contributed by atoms with van der Waals surface area (Å²) in [7, 11) is 0. The zero-order valence-electron chi connectivity index (χ0n) is 21.3. The van der Waals surface area contributed by atoms with Crippen LogP contribution in [0.15, 0.2) is 48.5 Å². The van der Waals surface area contributed by atoms with Gasteiger partial charge in [0, 0.05) is 36.7 Å². The third kappa shape index (κ3) is 7.25. The number of carbonyl (C=O) groups excluding carboxylic acids is 3. The molecule has 0 bridgehead atoms. The van der Waals surface area contributed by atoms with Gasteiger partial charge in [0.2, 0.25) is 11.8 Å². The van der Waals surface area contributed by atoms with Gasteiger partial charge in [-0.05, 0) is 41.7 Å². The molecular weight excluding hydrogens is 510 g/mol. The van der Waals surface area contributed by atoms with Crippen LogP contribution in [0.5, 0.6) is 5.75 Å². The lowest BCUT2D eigenvalue weighted by Crippen LogP contribution is -2.58. The number of hydrogen-bond donors (Lipinski definition) is 4. The number of β-amino-alcohol motifs (C(OH)–C–C–N with tert-alkyl or cyclic N) is 1. The Morgan fingerprint density at radius 3 is 2.58 bits per heavy atom. The van der Waals surface area contributed by atoms with Crippen LogP contribution in [-0.2, 0) is 16.1 Å². The number of amides is 3. The molecule has 3 amide bonds. The number of para-hydroxylation sites is 1. The maximum atomic E-state index is 13.8. The first-order valence-corrected chi connectivity index (χ1v) is 12.6. The van der Waals surface area contributed by atoms with Gasteiger partial charge in [0.05, 0.1) is 6.10 Å². The summed E-state index contributed by atoms with van der Waals surface area (Å²) in [6.45, 7) is 3.22. The topological polar surface area (TPSA) is 128 Å². The molecule has 38 heavy (non-hydrogen) atoms. The van der Waals surface area contributed by atoms with Crippen molar-refractivity contribution in [2.75, 3.05) is 13.2 Å². The molecule has 9 nitrogen and oxygen atoms in total. The predicted octanol–water partition coefficient (Wildman–Crippen LogP) is 2.47. The summed E-state index contributed by atoms with van der Waals surface area (Å²) in [4.78, 5) is 40.8. The number of aliphatic hydroxyl groups excluding tert-OH is 2. The lowest BCUT2D eigenvalue weighted by atomic mass is 9.80. The van der Waals surface area contributed by atoms with E-state index in [2.05, 4.69) is 16.6 Å². The molecular formula is C28H32ClN3O6. The van der Waals surface area contributed by atoms with Gasteiger partial charge in [-0.2, -0.15) is 0 Å². The van der Waals surface area contributed by atoms with Gasteiger partial charge < -0.3 is 30.5 Å². The van der Waals surface area contributed by atoms with Gasteiger partial charge in [0.15, 0.2) is 0 Å². The SMILES string of the molecule is C#Cc1ccc(CNC(=O)[C@@H]2CC(O)CN2C(=O)[C@H](NC(=O)Oc2ccccc2)C(C)(C)CCO)c(Cl)c1. The largest absolute Gasteiger partial charge is 0.413 e. The number of carbonyl (C=O) groups is 3. The van der Waals surface area contributed by atoms with Gasteiger partial charge in [-0.25, -0.2) is 4.79 Å². The average molecular weight is 542 g/mol. The Morgan fingerprint density at radius 1 is 1.24 bits per heavy atom. The van der Waals surface area contributed by atoms with Crippen molar-refractivity contribution in [3.63, 3.8) is 0 Å². The van der Waals surface area contributed by atoms with E-state index in [0.717, 1.165) is 0 Å². The normalized spacial score (nSPS) is 17.8. The van der Waals surface area contributed by atoms with Crippen molar-refractivity contribution < 1.29 is 29.3 Å². The molecule has 0 radical (unpaired) electrons. The predicted molar refractivity (Wildman–Crippen MR) is 142 cm³/mol. The van der Waals surface area contributed by atoms with Crippen molar-refractivity contribution in [3.8, 4) is 18.1 Å². The maximum Gasteiger partial charge on any atom is 0.413 e. The van der Waals surface area contributed by atoms with Gasteiger partial charge >= 0.3 is 6.09 Å². The first kappa shape index (κ1) is 29.0. The summed E-state index contributed by atoms with van der Waals surface area (Å²) in [5.74, 6) is 1.74. The minimum atomic E-state index is -1.14. The lowest BCUT2D eigenvalue weighted by Gasteiger charge is -2.37. The van der Waals surface area contributed by atoms with Gasteiger partial charge in [-0.3, -0.25) is 9.59 Å². The molecule has 2 aromatic carbocycles. The van der Waals surface area contributed by atoms with Crippen molar-refractivity contribution in [3.05, 3.63) is 64.7 Å². The molecule has 1 unspecified atom stereocenters. The van der Waals surface area contributed by atoms with E-state index in [-0.39, 0.29) is 32.5 Å². The Kier molecular flexibility index (Phi) is 9.75. The molecule has 0 saturated carbocycles. The van der Waals surface area contributed by atoms with E-state index in [1.165, 1.54) is 4.90 Å². The van der Waals surface area contributed by atoms with Crippen LogP contribution in [-0.4, -0.2) is 64.4 Å². The molecule has 0 aliphatic carbocycles. The summed E-state index contributed by atoms with van der Waals surface area (Å²) in [6.07, 6.45) is 3.82. The fraction of sp³-hybridized carbons (Fsp3) is 0.393. The smallest absolute Gasteiger partial charge is 0.410 e. The third-order valence-corrected chi connectivity index (χ3v) is 6.89. The lowest BCUT2D eigenvalue weighted by molar-refractivity contribution is -0.142. The highest BCUT2D eigenvalue weighted by atomic mass is 35.5. The summed E-state index contributed by atoms with van der Waals surface area (Å²) >= 11 is 6.26. The molecule has 4 N–H and O–H groups in total. The number of likely N-dealkylation sites (tertiary alicyclic amines) is 1. The van der Waals surface area contributed by atoms with Crippen molar-refractivity contribution in [2.24, 2.45) is 5.41 Å². The Morgan fingerprint density at radius 2 is 1.95 bits per heavy atom. The molecule has 0 aromatic heterocycles. The summed E-state index contributed by atoms with van der Waals surface area (Å²) in [6, 6.07) is 11.3. The number of nitrogens with zero attached hydrogens (tertiary/aromatic N) is 1. The standard InChI is InChI=1S/C28H32ClN3O6/c1-4-18-10-11-19(22(29)14-18)16-30-25(35)23-15-20(34)17-32(23)26(36)24(28(2,3)12-13-33)31-27(37)38-21-8-6-5-7-9-21/h1,5-11,14,20,23-24,33-34H,12-13,15-17H2,2-3H3,(H,30,35)(H,31,37)/t20?,23-,24-/m0/s1. The molecule has 1 heterocycles. The first-order valence-electron chi connectivity index (χ1n) is 12.2. The second-order valence-corrected chi connectivity index (χ2v) is 10.2. The summed E-state index contributed by atoms with van der Waals surface area (Å²) in [5.41, 5.74) is 0.348. The Hall–Kier alpha value is -3.58. The Balaban J connectivity index is 1.76. The van der Waals surface area contributed by atoms with Crippen LogP contribution in [0.2, 0.25) is 5.02 Å². The molecule has 1 aliphatic heterocycles. The van der Waals surface area contributed by atoms with Crippen molar-refractivity contribution in [1.82, 2.24) is 15.5 Å². The highest BCUT2D eigenvalue weighted by molar-refractivity contribution is 6.31. The van der Waals surface area contributed by atoms with Crippen LogP contribution in [0.1, 0.15) is 37.8 Å². The number of hydrogen-bond acceptors (Lipinski definition) is 6. The van der Waals surface area contributed by atoms with Crippen LogP contribution >= 0.6 is 11.6 Å². The average Bonchev–Trinajstić information content (AvgIpc) is 3.28. The number of halogens is 1. The van der Waals surface area contributed by atoms with Gasteiger partial charge in [0.25, 0.3) is 0 Å². The molecule has 3 atom stereocenters. The van der Waals surface area contributed by atoms with E-state index in [0.29, 0.717) is 21.9 Å². The molecule has 202 valence electrons. The van der Waals surface area contributed by atoms with E-state index in [4.69, 9.17) is 22.8 Å². The van der Waals surface area contributed by atoms with Crippen LogP contribution in [0.3, 0.4) is 0 Å². The van der Waals surface area contributed by atoms with Crippen LogP contribution in [0, 0.1) is 17.8 Å². The summed E-state index contributed by atoms with van der Waals surface area (Å²) in [5, 5.41) is 25.7. The quantitative estimate of drug-likeness (QED) is 0.361. The Bertz CT molecular complexity index is 1200. The molecule has 0 spiro atoms.